The van der Waals surface area contributed by atoms with E-state index in [1.165, 1.54) is 0 Å². The van der Waals surface area contributed by atoms with Crippen LogP contribution in [0.2, 0.25) is 0 Å². The predicted molar refractivity (Wildman–Crippen MR) is 81.8 cm³/mol. The molecule has 2 aromatic heterocycles. The number of likely N-dealkylation sites (tertiary alicyclic amines) is 1. The average molecular weight is 309 g/mol. The maximum Gasteiger partial charge on any atom is 0.254 e. The number of benzene rings is 1. The van der Waals surface area contributed by atoms with Crippen molar-refractivity contribution in [3.8, 4) is 11.6 Å². The zero-order valence-electron chi connectivity index (χ0n) is 12.6. The fourth-order valence-corrected chi connectivity index (χ4v) is 2.69. The molecule has 0 N–H and O–H groups in total. The van der Waals surface area contributed by atoms with Gasteiger partial charge in [0, 0.05) is 18.7 Å². The van der Waals surface area contributed by atoms with E-state index in [4.69, 9.17) is 8.94 Å². The van der Waals surface area contributed by atoms with Gasteiger partial charge in [0.1, 0.15) is 0 Å². The van der Waals surface area contributed by atoms with Crippen molar-refractivity contribution in [3.05, 3.63) is 59.7 Å². The number of aromatic nitrogens is 2. The Kier molecular flexibility index (Phi) is 3.22. The number of rotatable bonds is 3. The van der Waals surface area contributed by atoms with Crippen LogP contribution in [0.4, 0.5) is 0 Å². The number of nitrogens with zero attached hydrogens (tertiary/aromatic N) is 3. The van der Waals surface area contributed by atoms with Crippen LogP contribution in [0.25, 0.3) is 11.6 Å². The Labute approximate surface area is 132 Å². The van der Waals surface area contributed by atoms with Gasteiger partial charge in [-0.05, 0) is 30.7 Å². The van der Waals surface area contributed by atoms with E-state index in [1.54, 1.807) is 23.3 Å². The first-order valence-corrected chi connectivity index (χ1v) is 7.45. The molecule has 6 nitrogen and oxygen atoms in total. The highest BCUT2D eigenvalue weighted by Crippen LogP contribution is 2.29. The SMILES string of the molecule is Cc1ccccc1C(=O)N1CC(c2nc(-c3ccco3)no2)C1. The van der Waals surface area contributed by atoms with E-state index in [9.17, 15) is 4.79 Å². The van der Waals surface area contributed by atoms with Crippen LogP contribution in [0, 0.1) is 6.92 Å². The van der Waals surface area contributed by atoms with Gasteiger partial charge in [-0.2, -0.15) is 4.98 Å². The van der Waals surface area contributed by atoms with Crippen LogP contribution in [0.3, 0.4) is 0 Å². The van der Waals surface area contributed by atoms with E-state index < -0.39 is 0 Å². The zero-order chi connectivity index (χ0) is 15.8. The molecule has 0 atom stereocenters. The molecule has 23 heavy (non-hydrogen) atoms. The van der Waals surface area contributed by atoms with Crippen molar-refractivity contribution >= 4 is 5.91 Å². The lowest BCUT2D eigenvalue weighted by Gasteiger charge is -2.37. The summed E-state index contributed by atoms with van der Waals surface area (Å²) in [5, 5.41) is 3.92. The molecule has 116 valence electrons. The molecule has 0 saturated carbocycles. The number of amides is 1. The number of carbonyl (C=O) groups excluding carboxylic acids is 1. The van der Waals surface area contributed by atoms with Crippen molar-refractivity contribution in [1.82, 2.24) is 15.0 Å². The fraction of sp³-hybridized carbons (Fsp3) is 0.235. The minimum Gasteiger partial charge on any atom is -0.461 e. The van der Waals surface area contributed by atoms with Gasteiger partial charge in [-0.15, -0.1) is 0 Å². The van der Waals surface area contributed by atoms with Crippen LogP contribution in [0.15, 0.2) is 51.6 Å². The first-order valence-electron chi connectivity index (χ1n) is 7.45. The Bertz CT molecular complexity index is 832. The number of carbonyl (C=O) groups is 1. The van der Waals surface area contributed by atoms with Gasteiger partial charge in [0.05, 0.1) is 12.2 Å². The van der Waals surface area contributed by atoms with Crippen LogP contribution in [-0.4, -0.2) is 34.0 Å². The van der Waals surface area contributed by atoms with Gasteiger partial charge < -0.3 is 13.8 Å². The molecule has 4 rings (SSSR count). The lowest BCUT2D eigenvalue weighted by molar-refractivity contribution is 0.0568. The van der Waals surface area contributed by atoms with Gasteiger partial charge in [-0.1, -0.05) is 23.4 Å². The van der Waals surface area contributed by atoms with Gasteiger partial charge >= 0.3 is 0 Å². The highest BCUT2D eigenvalue weighted by molar-refractivity contribution is 5.96. The van der Waals surface area contributed by atoms with Crippen LogP contribution >= 0.6 is 0 Å². The van der Waals surface area contributed by atoms with E-state index in [-0.39, 0.29) is 11.8 Å². The lowest BCUT2D eigenvalue weighted by atomic mass is 9.97. The normalized spacial score (nSPS) is 14.7. The second kappa shape index (κ2) is 5.39. The largest absolute Gasteiger partial charge is 0.461 e. The topological polar surface area (TPSA) is 72.4 Å². The standard InChI is InChI=1S/C17H15N3O3/c1-11-5-2-3-6-13(11)17(21)20-9-12(10-20)16-18-15(19-23-16)14-7-4-8-22-14/h2-8,12H,9-10H2,1H3. The highest BCUT2D eigenvalue weighted by atomic mass is 16.5. The zero-order valence-corrected chi connectivity index (χ0v) is 12.6. The summed E-state index contributed by atoms with van der Waals surface area (Å²) in [4.78, 5) is 18.6. The third kappa shape index (κ3) is 2.42. The second-order valence-electron chi connectivity index (χ2n) is 5.66. The van der Waals surface area contributed by atoms with E-state index >= 15 is 0 Å². The molecule has 1 saturated heterocycles. The summed E-state index contributed by atoms with van der Waals surface area (Å²) in [6, 6.07) is 11.2. The Hall–Kier alpha value is -2.89. The molecule has 1 amide bonds. The molecule has 0 bridgehead atoms. The van der Waals surface area contributed by atoms with Crippen LogP contribution in [0.1, 0.15) is 27.7 Å². The summed E-state index contributed by atoms with van der Waals surface area (Å²) >= 11 is 0. The van der Waals surface area contributed by atoms with Crippen LogP contribution < -0.4 is 0 Å². The van der Waals surface area contributed by atoms with Gasteiger partial charge in [0.25, 0.3) is 5.91 Å². The summed E-state index contributed by atoms with van der Waals surface area (Å²) in [6.07, 6.45) is 1.57. The van der Waals surface area contributed by atoms with Gasteiger partial charge in [0.15, 0.2) is 5.76 Å². The summed E-state index contributed by atoms with van der Waals surface area (Å²) in [5.41, 5.74) is 1.73. The Morgan fingerprint density at radius 2 is 2.04 bits per heavy atom. The second-order valence-corrected chi connectivity index (χ2v) is 5.66. The van der Waals surface area contributed by atoms with Gasteiger partial charge in [0.2, 0.25) is 11.7 Å². The molecule has 3 aromatic rings. The maximum absolute atomic E-state index is 12.5. The quantitative estimate of drug-likeness (QED) is 0.744. The predicted octanol–water partition coefficient (Wildman–Crippen LogP) is 2.88. The molecule has 0 unspecified atom stereocenters. The highest BCUT2D eigenvalue weighted by Gasteiger charge is 2.36. The molecule has 3 heterocycles. The first kappa shape index (κ1) is 13.8. The van der Waals surface area contributed by atoms with Crippen LogP contribution in [-0.2, 0) is 0 Å². The molecule has 0 aliphatic carbocycles. The molecule has 1 aromatic carbocycles. The van der Waals surface area contributed by atoms with E-state index in [1.807, 2.05) is 31.2 Å². The smallest absolute Gasteiger partial charge is 0.254 e. The number of aryl methyl sites for hydroxylation is 1. The molecule has 1 fully saturated rings. The molecule has 1 aliphatic heterocycles. The number of furan rings is 1. The molecule has 0 radical (unpaired) electrons. The lowest BCUT2D eigenvalue weighted by Crippen LogP contribution is -2.48. The summed E-state index contributed by atoms with van der Waals surface area (Å²) in [6.45, 7) is 3.12. The summed E-state index contributed by atoms with van der Waals surface area (Å²) in [5.74, 6) is 1.69. The number of hydrogen-bond donors (Lipinski definition) is 0. The molecule has 6 heteroatoms. The maximum atomic E-state index is 12.5. The Balaban J connectivity index is 1.44. The minimum absolute atomic E-state index is 0.0464. The average Bonchev–Trinajstić information content (AvgIpc) is 3.17. The monoisotopic (exact) mass is 309 g/mol. The van der Waals surface area contributed by atoms with Crippen molar-refractivity contribution in [2.45, 2.75) is 12.8 Å². The Morgan fingerprint density at radius 3 is 2.78 bits per heavy atom. The van der Waals surface area contributed by atoms with Crippen molar-refractivity contribution in [2.75, 3.05) is 13.1 Å². The molecule has 0 spiro atoms. The molecular weight excluding hydrogens is 294 g/mol. The van der Waals surface area contributed by atoms with E-state index in [0.29, 0.717) is 30.6 Å². The third-order valence-electron chi connectivity index (χ3n) is 4.08. The Morgan fingerprint density at radius 1 is 1.22 bits per heavy atom. The summed E-state index contributed by atoms with van der Waals surface area (Å²) < 4.78 is 10.5. The van der Waals surface area contributed by atoms with Crippen molar-refractivity contribution < 1.29 is 13.7 Å². The third-order valence-corrected chi connectivity index (χ3v) is 4.08. The van der Waals surface area contributed by atoms with Crippen LogP contribution in [0.5, 0.6) is 0 Å². The van der Waals surface area contributed by atoms with Crippen molar-refractivity contribution in [3.63, 3.8) is 0 Å². The molecule has 1 aliphatic rings. The van der Waals surface area contributed by atoms with Gasteiger partial charge in [-0.3, -0.25) is 4.79 Å². The van der Waals surface area contributed by atoms with Crippen molar-refractivity contribution in [1.29, 1.82) is 0 Å². The fourth-order valence-electron chi connectivity index (χ4n) is 2.69. The molecular formula is C17H15N3O3. The van der Waals surface area contributed by atoms with E-state index in [2.05, 4.69) is 10.1 Å². The van der Waals surface area contributed by atoms with E-state index in [0.717, 1.165) is 11.1 Å². The number of hydrogen-bond acceptors (Lipinski definition) is 5. The van der Waals surface area contributed by atoms with Gasteiger partial charge in [-0.25, -0.2) is 0 Å². The van der Waals surface area contributed by atoms with Crippen molar-refractivity contribution in [2.24, 2.45) is 0 Å². The minimum atomic E-state index is 0.0464. The summed E-state index contributed by atoms with van der Waals surface area (Å²) in [7, 11) is 0. The first-order chi connectivity index (χ1) is 11.2.